The van der Waals surface area contributed by atoms with Gasteiger partial charge in [-0.25, -0.2) is 0 Å². The predicted octanol–water partition coefficient (Wildman–Crippen LogP) is -1.08. The van der Waals surface area contributed by atoms with Gasteiger partial charge in [0, 0.05) is 0 Å². The van der Waals surface area contributed by atoms with Gasteiger partial charge in [0.05, 0.1) is 0 Å². The van der Waals surface area contributed by atoms with Crippen LogP contribution in [0.4, 0.5) is 0 Å². The van der Waals surface area contributed by atoms with Gasteiger partial charge in [0.1, 0.15) is 0 Å². The molecule has 0 saturated heterocycles. The zero-order chi connectivity index (χ0) is 0. The maximum Gasteiger partial charge on any atom is 4.00 e. The third-order valence-electron chi connectivity index (χ3n) is 0. The van der Waals surface area contributed by atoms with Crippen LogP contribution in [0.15, 0.2) is 0 Å². The Morgan fingerprint density at radius 1 is 0.267 bits per heavy atom. The van der Waals surface area contributed by atoms with Crippen molar-refractivity contribution in [3.63, 3.8) is 0 Å². The van der Waals surface area contributed by atoms with E-state index in [9.17, 15) is 0 Å². The molecule has 0 aliphatic heterocycles. The maximum absolute atomic E-state index is 0. The van der Waals surface area contributed by atoms with Crippen molar-refractivity contribution in [2.75, 3.05) is 0 Å². The second-order valence-electron chi connectivity index (χ2n) is 0. The van der Waals surface area contributed by atoms with Gasteiger partial charge >= 0.3 is 111 Å². The molecule has 0 aromatic rings. The van der Waals surface area contributed by atoms with Gasteiger partial charge in [0.25, 0.3) is 0 Å². The van der Waals surface area contributed by atoms with Crippen LogP contribution in [-0.4, -0.2) is 0 Å². The van der Waals surface area contributed by atoms with Gasteiger partial charge in [-0.15, -0.1) is 0 Å². The van der Waals surface area contributed by atoms with Crippen molar-refractivity contribution in [1.82, 2.24) is 0 Å². The molecule has 0 atom stereocenters. The van der Waals surface area contributed by atoms with E-state index in [1.54, 1.807) is 0 Å². The van der Waals surface area contributed by atoms with Crippen LogP contribution >= 0.6 is 0 Å². The fourth-order valence-corrected chi connectivity index (χ4v) is 0. The second kappa shape index (κ2) is 457. The van der Waals surface area contributed by atoms with E-state index in [0.717, 1.165) is 0 Å². The van der Waals surface area contributed by atoms with Gasteiger partial charge in [-0.3, -0.25) is 0 Å². The molecule has 0 aromatic heterocycles. The largest absolute Gasteiger partial charge is 4.00 e. The van der Waals surface area contributed by atoms with Crippen LogP contribution < -0.4 is 0 Å². The van der Waals surface area contributed by atoms with Crippen LogP contribution in [0.5, 0.6) is 0 Å². The molecule has 15 heteroatoms. The molecule has 0 heterocycles. The Kier molecular flexibility index (Phi) is 16600. The molecule has 0 spiro atoms. The Bertz CT molecular complexity index is 24.1. The van der Waals surface area contributed by atoms with Gasteiger partial charge in [-0.1, -0.05) is 0 Å². The summed E-state index contributed by atoms with van der Waals surface area (Å²) in [4.78, 5) is 0. The molecule has 15 heavy (non-hydrogen) atoms. The zero-order valence-corrected chi connectivity index (χ0v) is 13.5. The number of hydrogen-bond acceptors (Lipinski definition) is 0. The molecule has 0 amide bonds. The van der Waals surface area contributed by atoms with Gasteiger partial charge in [-0.2, -0.15) is 0 Å². The maximum atomic E-state index is 0. The van der Waals surface area contributed by atoms with E-state index in [1.165, 1.54) is 0 Å². The Morgan fingerprint density at radius 2 is 0.267 bits per heavy atom. The molecule has 0 aliphatic rings. The summed E-state index contributed by atoms with van der Waals surface area (Å²) in [5.41, 5.74) is 0. The molecule has 9 nitrogen and oxygen atoms in total. The van der Waals surface area contributed by atoms with Gasteiger partial charge < -0.3 is 49.3 Å². The third kappa shape index (κ3) is 402. The van der Waals surface area contributed by atoms with Crippen LogP contribution in [0, 0.1) is 0 Å². The first-order valence-electron chi connectivity index (χ1n) is 0. The Hall–Kier alpha value is 3.12. The number of rotatable bonds is 0. The van der Waals surface area contributed by atoms with E-state index < -0.39 is 0 Å². The topological polar surface area (TPSA) is 256 Å². The molecule has 96 valence electrons. The SMILES string of the molecule is [Co+2].[Co+2].[Fe+3].[Fe+3].[O-2].[O-2].[O-2].[O-2].[O-2].[O-2].[O-2].[O-2].[O-2].[Ti+4].[Ti+4]. The summed E-state index contributed by atoms with van der Waals surface area (Å²) in [7, 11) is 0. The van der Waals surface area contributed by atoms with Crippen molar-refractivity contribution < 1.29 is 160 Å². The molecule has 0 bridgehead atoms. The van der Waals surface area contributed by atoms with E-state index in [1.807, 2.05) is 0 Å². The van der Waals surface area contributed by atoms with Crippen molar-refractivity contribution in [2.24, 2.45) is 0 Å². The van der Waals surface area contributed by atoms with Crippen molar-refractivity contribution in [3.8, 4) is 0 Å². The summed E-state index contributed by atoms with van der Waals surface area (Å²) in [6, 6.07) is 0. The summed E-state index contributed by atoms with van der Waals surface area (Å²) in [5, 5.41) is 0. The first-order chi connectivity index (χ1) is 0. The monoisotopic (exact) mass is 470 g/mol. The molecule has 0 saturated carbocycles. The van der Waals surface area contributed by atoms with Crippen molar-refractivity contribution in [2.45, 2.75) is 0 Å². The molecular weight excluding hydrogens is 469 g/mol. The van der Waals surface area contributed by atoms with Crippen molar-refractivity contribution in [1.29, 1.82) is 0 Å². The van der Waals surface area contributed by atoms with E-state index in [4.69, 9.17) is 0 Å². The quantitative estimate of drug-likeness (QED) is 0.383. The molecule has 0 N–H and O–H groups in total. The average Bonchev–Trinajstić information content (AvgIpc) is 0. The Labute approximate surface area is 159 Å². The summed E-state index contributed by atoms with van der Waals surface area (Å²) in [6.07, 6.45) is 0. The minimum atomic E-state index is 0. The Morgan fingerprint density at radius 3 is 0.267 bits per heavy atom. The van der Waals surface area contributed by atoms with Crippen LogP contribution in [0.25, 0.3) is 0 Å². The van der Waals surface area contributed by atoms with Gasteiger partial charge in [0.15, 0.2) is 0 Å². The fourth-order valence-electron chi connectivity index (χ4n) is 0. The normalized spacial score (nSPS) is 0. The van der Waals surface area contributed by atoms with Crippen LogP contribution in [0.3, 0.4) is 0 Å². The number of hydrogen-bond donors (Lipinski definition) is 0. The zero-order valence-electron chi connectivity index (χ0n) is 6.05. The van der Waals surface area contributed by atoms with Gasteiger partial charge in [-0.05, 0) is 0 Å². The second-order valence-corrected chi connectivity index (χ2v) is 0. The van der Waals surface area contributed by atoms with Crippen molar-refractivity contribution >= 4 is 0 Å². The smallest absolute Gasteiger partial charge is 2.00 e. The third-order valence-corrected chi connectivity index (χ3v) is 0. The van der Waals surface area contributed by atoms with Crippen LogP contribution in [0.1, 0.15) is 0 Å². The Balaban J connectivity index is 0. The molecular formula is Co2Fe2O9Ti2. The summed E-state index contributed by atoms with van der Waals surface area (Å²) < 4.78 is 0. The van der Waals surface area contributed by atoms with Gasteiger partial charge in [0.2, 0.25) is 0 Å². The summed E-state index contributed by atoms with van der Waals surface area (Å²) in [5.74, 6) is 0. The molecule has 4 radical (unpaired) electrons. The first kappa shape index (κ1) is 545. The predicted molar refractivity (Wildman–Crippen MR) is 6.18 cm³/mol. The van der Waals surface area contributed by atoms with E-state index in [-0.39, 0.29) is 160 Å². The fraction of sp³-hybridized carbons (Fsp3) is 0. The summed E-state index contributed by atoms with van der Waals surface area (Å²) in [6.45, 7) is 0. The van der Waals surface area contributed by atoms with E-state index in [2.05, 4.69) is 0 Å². The van der Waals surface area contributed by atoms with E-state index in [0.29, 0.717) is 0 Å². The summed E-state index contributed by atoms with van der Waals surface area (Å²) >= 11 is 0. The molecule has 0 aromatic carbocycles. The van der Waals surface area contributed by atoms with Crippen molar-refractivity contribution in [3.05, 3.63) is 0 Å². The minimum Gasteiger partial charge on any atom is -2.00 e. The molecule has 0 fully saturated rings. The average molecular weight is 469 g/mol. The minimum absolute atomic E-state index is 0. The van der Waals surface area contributed by atoms with Crippen LogP contribution in [-0.2, 0) is 160 Å². The standard InChI is InChI=1S/2Co.2Fe.9O.2Ti/q2*+2;2*+3;9*-2;2*+4. The van der Waals surface area contributed by atoms with E-state index >= 15 is 0 Å². The first-order valence-corrected chi connectivity index (χ1v) is 0. The van der Waals surface area contributed by atoms with Crippen LogP contribution in [0.2, 0.25) is 0 Å². The molecule has 0 aliphatic carbocycles. The molecule has 0 rings (SSSR count). The molecule has 0 unspecified atom stereocenters.